The maximum absolute atomic E-state index is 11.7. The summed E-state index contributed by atoms with van der Waals surface area (Å²) in [6.45, 7) is 9.70. The molecule has 2 aromatic rings. The summed E-state index contributed by atoms with van der Waals surface area (Å²) in [6, 6.07) is 11.9. The summed E-state index contributed by atoms with van der Waals surface area (Å²) >= 11 is 0. The minimum Gasteiger partial charge on any atom is -0.366 e. The lowest BCUT2D eigenvalue weighted by Crippen LogP contribution is -2.46. The number of hydrogen-bond acceptors (Lipinski definition) is 5. The predicted molar refractivity (Wildman–Crippen MR) is 118 cm³/mol. The maximum atomic E-state index is 11.7. The molecular weight excluding hydrogens is 362 g/mol. The summed E-state index contributed by atoms with van der Waals surface area (Å²) in [7, 11) is 4.26. The Morgan fingerprint density at radius 2 is 1.69 bits per heavy atom. The molecule has 1 aliphatic rings. The molecule has 1 fully saturated rings. The SMILES string of the molecule is Cc1ccc(C(N)=O)c(-c2ccc(CN3CCN(CCCN(C)C)CC3)cc2)n1. The van der Waals surface area contributed by atoms with Crippen LogP contribution >= 0.6 is 0 Å². The Bertz CT molecular complexity index is 811. The van der Waals surface area contributed by atoms with E-state index in [0.717, 1.165) is 50.5 Å². The summed E-state index contributed by atoms with van der Waals surface area (Å²) < 4.78 is 0. The third kappa shape index (κ3) is 6.10. The summed E-state index contributed by atoms with van der Waals surface area (Å²) in [5.41, 5.74) is 9.73. The molecule has 0 radical (unpaired) electrons. The quantitative estimate of drug-likeness (QED) is 0.742. The first-order valence-corrected chi connectivity index (χ1v) is 10.4. The van der Waals surface area contributed by atoms with Gasteiger partial charge in [-0.25, -0.2) is 0 Å². The number of rotatable bonds is 8. The van der Waals surface area contributed by atoms with E-state index < -0.39 is 5.91 Å². The van der Waals surface area contributed by atoms with Gasteiger partial charge in [0.25, 0.3) is 5.91 Å². The molecule has 6 heteroatoms. The lowest BCUT2D eigenvalue weighted by molar-refractivity contribution is 0.100. The van der Waals surface area contributed by atoms with E-state index in [1.54, 1.807) is 6.07 Å². The number of amides is 1. The standard InChI is InChI=1S/C23H33N5O/c1-18-5-10-21(23(24)29)22(25-18)20-8-6-19(7-9-20)17-28-15-13-27(14-16-28)12-4-11-26(2)3/h5-10H,4,11-17H2,1-3H3,(H2,24,29). The van der Waals surface area contributed by atoms with Gasteiger partial charge >= 0.3 is 0 Å². The van der Waals surface area contributed by atoms with Crippen LogP contribution in [0.1, 0.15) is 28.0 Å². The zero-order valence-corrected chi connectivity index (χ0v) is 17.9. The first-order chi connectivity index (χ1) is 13.9. The van der Waals surface area contributed by atoms with Crippen molar-refractivity contribution in [2.75, 3.05) is 53.4 Å². The number of nitrogens with zero attached hydrogens (tertiary/aromatic N) is 4. The number of nitrogens with two attached hydrogens (primary N) is 1. The summed E-state index contributed by atoms with van der Waals surface area (Å²) in [5, 5.41) is 0. The van der Waals surface area contributed by atoms with Crippen molar-refractivity contribution in [3.63, 3.8) is 0 Å². The number of carbonyl (C=O) groups excluding carboxylic acids is 1. The van der Waals surface area contributed by atoms with Gasteiger partial charge in [0.15, 0.2) is 0 Å². The molecule has 1 amide bonds. The van der Waals surface area contributed by atoms with E-state index in [1.807, 2.05) is 25.1 Å². The molecule has 0 saturated carbocycles. The van der Waals surface area contributed by atoms with Gasteiger partial charge in [-0.05, 0) is 58.2 Å². The van der Waals surface area contributed by atoms with Crippen LogP contribution in [0.5, 0.6) is 0 Å². The summed E-state index contributed by atoms with van der Waals surface area (Å²) in [5.74, 6) is -0.444. The lowest BCUT2D eigenvalue weighted by atomic mass is 10.0. The number of benzene rings is 1. The molecule has 2 heterocycles. The minimum absolute atomic E-state index is 0.444. The fourth-order valence-corrected chi connectivity index (χ4v) is 3.78. The van der Waals surface area contributed by atoms with Gasteiger partial charge in [-0.2, -0.15) is 0 Å². The van der Waals surface area contributed by atoms with E-state index in [-0.39, 0.29) is 0 Å². The fourth-order valence-electron chi connectivity index (χ4n) is 3.78. The molecule has 1 saturated heterocycles. The van der Waals surface area contributed by atoms with Gasteiger partial charge in [-0.15, -0.1) is 0 Å². The van der Waals surface area contributed by atoms with Crippen molar-refractivity contribution in [1.82, 2.24) is 19.7 Å². The van der Waals surface area contributed by atoms with Crippen LogP contribution in [0.3, 0.4) is 0 Å². The van der Waals surface area contributed by atoms with Crippen molar-refractivity contribution >= 4 is 5.91 Å². The predicted octanol–water partition coefficient (Wildman–Crippen LogP) is 2.23. The second-order valence-corrected chi connectivity index (χ2v) is 8.18. The normalized spacial score (nSPS) is 15.7. The zero-order chi connectivity index (χ0) is 20.8. The molecule has 3 rings (SSSR count). The number of pyridine rings is 1. The van der Waals surface area contributed by atoms with Gasteiger partial charge in [-0.3, -0.25) is 14.7 Å². The Kier molecular flexibility index (Phi) is 7.36. The first kappa shape index (κ1) is 21.4. The van der Waals surface area contributed by atoms with Crippen molar-refractivity contribution < 1.29 is 4.79 Å². The number of hydrogen-bond donors (Lipinski definition) is 1. The van der Waals surface area contributed by atoms with E-state index in [1.165, 1.54) is 18.5 Å². The highest BCUT2D eigenvalue weighted by Gasteiger charge is 2.17. The first-order valence-electron chi connectivity index (χ1n) is 10.4. The fraction of sp³-hybridized carbons (Fsp3) is 0.478. The maximum Gasteiger partial charge on any atom is 0.250 e. The molecule has 0 unspecified atom stereocenters. The van der Waals surface area contributed by atoms with Gasteiger partial charge in [0.2, 0.25) is 0 Å². The molecule has 6 nitrogen and oxygen atoms in total. The molecule has 0 atom stereocenters. The lowest BCUT2D eigenvalue weighted by Gasteiger charge is -2.35. The van der Waals surface area contributed by atoms with Crippen molar-refractivity contribution in [2.24, 2.45) is 5.73 Å². The van der Waals surface area contributed by atoms with Gasteiger partial charge in [0, 0.05) is 44.0 Å². The van der Waals surface area contributed by atoms with Gasteiger partial charge in [0.05, 0.1) is 11.3 Å². The molecule has 0 bridgehead atoms. The Morgan fingerprint density at radius 1 is 1.03 bits per heavy atom. The van der Waals surface area contributed by atoms with Crippen LogP contribution in [0.4, 0.5) is 0 Å². The zero-order valence-electron chi connectivity index (χ0n) is 17.9. The van der Waals surface area contributed by atoms with Crippen LogP contribution in [-0.4, -0.2) is 79.0 Å². The Labute approximate surface area is 174 Å². The van der Waals surface area contributed by atoms with Crippen LogP contribution in [0.25, 0.3) is 11.3 Å². The number of piperazine rings is 1. The van der Waals surface area contributed by atoms with Crippen molar-refractivity contribution in [1.29, 1.82) is 0 Å². The molecular formula is C23H33N5O. The van der Waals surface area contributed by atoms with E-state index in [9.17, 15) is 4.79 Å². The van der Waals surface area contributed by atoms with Crippen LogP contribution < -0.4 is 5.73 Å². The highest BCUT2D eigenvalue weighted by atomic mass is 16.1. The van der Waals surface area contributed by atoms with Gasteiger partial charge in [-0.1, -0.05) is 24.3 Å². The Balaban J connectivity index is 1.56. The Hall–Kier alpha value is -2.28. The molecule has 1 aromatic carbocycles. The summed E-state index contributed by atoms with van der Waals surface area (Å²) in [4.78, 5) is 23.6. The third-order valence-corrected chi connectivity index (χ3v) is 5.48. The van der Waals surface area contributed by atoms with Crippen LogP contribution in [0.15, 0.2) is 36.4 Å². The molecule has 2 N–H and O–H groups in total. The molecule has 29 heavy (non-hydrogen) atoms. The second-order valence-electron chi connectivity index (χ2n) is 8.18. The minimum atomic E-state index is -0.444. The van der Waals surface area contributed by atoms with Crippen LogP contribution in [-0.2, 0) is 6.54 Å². The molecule has 0 spiro atoms. The highest BCUT2D eigenvalue weighted by molar-refractivity contribution is 5.98. The van der Waals surface area contributed by atoms with E-state index in [4.69, 9.17) is 5.73 Å². The number of primary amides is 1. The van der Waals surface area contributed by atoms with Gasteiger partial charge in [0.1, 0.15) is 0 Å². The topological polar surface area (TPSA) is 65.7 Å². The average Bonchev–Trinajstić information content (AvgIpc) is 2.69. The van der Waals surface area contributed by atoms with E-state index in [0.29, 0.717) is 11.3 Å². The molecule has 1 aliphatic heterocycles. The van der Waals surface area contributed by atoms with Gasteiger partial charge < -0.3 is 15.5 Å². The molecule has 1 aromatic heterocycles. The average molecular weight is 396 g/mol. The molecule has 0 aliphatic carbocycles. The van der Waals surface area contributed by atoms with E-state index in [2.05, 4.69) is 45.9 Å². The monoisotopic (exact) mass is 395 g/mol. The molecule has 156 valence electrons. The summed E-state index contributed by atoms with van der Waals surface area (Å²) in [6.07, 6.45) is 1.23. The van der Waals surface area contributed by atoms with E-state index >= 15 is 0 Å². The van der Waals surface area contributed by atoms with Crippen molar-refractivity contribution in [2.45, 2.75) is 19.9 Å². The Morgan fingerprint density at radius 3 is 2.31 bits per heavy atom. The number of carbonyl (C=O) groups is 1. The highest BCUT2D eigenvalue weighted by Crippen LogP contribution is 2.23. The number of aromatic nitrogens is 1. The van der Waals surface area contributed by atoms with Crippen molar-refractivity contribution in [3.8, 4) is 11.3 Å². The largest absolute Gasteiger partial charge is 0.366 e. The van der Waals surface area contributed by atoms with Crippen molar-refractivity contribution in [3.05, 3.63) is 53.2 Å². The second kappa shape index (κ2) is 9.96. The third-order valence-electron chi connectivity index (χ3n) is 5.48. The number of aryl methyl sites for hydroxylation is 1. The van der Waals surface area contributed by atoms with Crippen LogP contribution in [0.2, 0.25) is 0 Å². The smallest absolute Gasteiger partial charge is 0.250 e. The van der Waals surface area contributed by atoms with Crippen LogP contribution in [0, 0.1) is 6.92 Å².